The van der Waals surface area contributed by atoms with E-state index < -0.39 is 0 Å². The van der Waals surface area contributed by atoms with Crippen LogP contribution in [0.4, 0.5) is 17.1 Å². The largest absolute Gasteiger partial charge is 0.383 e. The lowest BCUT2D eigenvalue weighted by Crippen LogP contribution is -2.36. The van der Waals surface area contributed by atoms with E-state index in [-0.39, 0.29) is 5.91 Å². The van der Waals surface area contributed by atoms with E-state index in [2.05, 4.69) is 40.7 Å². The number of morpholine rings is 1. The van der Waals surface area contributed by atoms with Crippen LogP contribution in [0.5, 0.6) is 0 Å². The van der Waals surface area contributed by atoms with Crippen molar-refractivity contribution in [1.29, 1.82) is 0 Å². The number of anilines is 3. The zero-order valence-corrected chi connectivity index (χ0v) is 16.3. The molecule has 0 atom stereocenters. The first kappa shape index (κ1) is 19.2. The molecule has 0 saturated carbocycles. The molecule has 3 rings (SSSR count). The molecule has 0 unspecified atom stereocenters. The van der Waals surface area contributed by atoms with E-state index in [9.17, 15) is 4.79 Å². The summed E-state index contributed by atoms with van der Waals surface area (Å²) in [4.78, 5) is 14.8. The predicted octanol–water partition coefficient (Wildman–Crippen LogP) is 3.83. The first-order valence-electron chi connectivity index (χ1n) is 9.73. The summed E-state index contributed by atoms with van der Waals surface area (Å²) in [6.07, 6.45) is 1.33. The Hall–Kier alpha value is -2.53. The summed E-state index contributed by atoms with van der Waals surface area (Å²) in [5, 5.41) is 6.52. The first-order valence-corrected chi connectivity index (χ1v) is 9.73. The molecule has 0 aromatic heterocycles. The molecule has 1 aliphatic rings. The van der Waals surface area contributed by atoms with Crippen LogP contribution in [0.3, 0.4) is 0 Å². The minimum absolute atomic E-state index is 0.0374. The average Bonchev–Trinajstić information content (AvgIpc) is 2.70. The van der Waals surface area contributed by atoms with E-state index in [0.29, 0.717) is 13.0 Å². The summed E-state index contributed by atoms with van der Waals surface area (Å²) in [7, 11) is 0. The van der Waals surface area contributed by atoms with Gasteiger partial charge in [0.05, 0.1) is 24.6 Å². The topological polar surface area (TPSA) is 53.6 Å². The standard InChI is InChI=1S/C22H29N3O2/c1-3-18-8-6-7-17(2)22(18)24-21(26)11-12-23-19-9-4-5-10-20(19)25-13-15-27-16-14-25/h4-10,23H,3,11-16H2,1-2H3,(H,24,26). The predicted molar refractivity (Wildman–Crippen MR) is 112 cm³/mol. The Labute approximate surface area is 161 Å². The van der Waals surface area contributed by atoms with Gasteiger partial charge in [0.15, 0.2) is 0 Å². The van der Waals surface area contributed by atoms with Crippen LogP contribution in [-0.4, -0.2) is 38.8 Å². The Morgan fingerprint density at radius 1 is 1.11 bits per heavy atom. The molecule has 2 N–H and O–H groups in total. The number of carbonyl (C=O) groups is 1. The minimum atomic E-state index is 0.0374. The van der Waals surface area contributed by atoms with Crippen LogP contribution in [-0.2, 0) is 16.0 Å². The second kappa shape index (κ2) is 9.42. The normalized spacial score (nSPS) is 14.1. The summed E-state index contributed by atoms with van der Waals surface area (Å²) >= 11 is 0. The number of nitrogens with one attached hydrogen (secondary N) is 2. The van der Waals surface area contributed by atoms with Crippen molar-refractivity contribution in [3.05, 3.63) is 53.6 Å². The van der Waals surface area contributed by atoms with Gasteiger partial charge in [-0.3, -0.25) is 4.79 Å². The molecule has 0 spiro atoms. The summed E-state index contributed by atoms with van der Waals surface area (Å²) < 4.78 is 5.44. The Morgan fingerprint density at radius 3 is 2.67 bits per heavy atom. The van der Waals surface area contributed by atoms with E-state index in [4.69, 9.17) is 4.74 Å². The molecule has 0 aliphatic carbocycles. The third-order valence-electron chi connectivity index (χ3n) is 4.93. The van der Waals surface area contributed by atoms with E-state index >= 15 is 0 Å². The molecule has 5 nitrogen and oxygen atoms in total. The Morgan fingerprint density at radius 2 is 1.89 bits per heavy atom. The van der Waals surface area contributed by atoms with Crippen molar-refractivity contribution in [3.8, 4) is 0 Å². The number of amides is 1. The van der Waals surface area contributed by atoms with Gasteiger partial charge in [0.2, 0.25) is 5.91 Å². The summed E-state index contributed by atoms with van der Waals surface area (Å²) in [6, 6.07) is 14.4. The third-order valence-corrected chi connectivity index (χ3v) is 4.93. The maximum atomic E-state index is 12.4. The van der Waals surface area contributed by atoms with E-state index in [1.165, 1.54) is 11.3 Å². The number of aryl methyl sites for hydroxylation is 2. The molecular weight excluding hydrogens is 338 g/mol. The number of carbonyl (C=O) groups excluding carboxylic acids is 1. The second-order valence-corrected chi connectivity index (χ2v) is 6.80. The van der Waals surface area contributed by atoms with Gasteiger partial charge < -0.3 is 20.3 Å². The lowest BCUT2D eigenvalue weighted by atomic mass is 10.1. The van der Waals surface area contributed by atoms with E-state index in [1.54, 1.807) is 0 Å². The lowest BCUT2D eigenvalue weighted by molar-refractivity contribution is -0.115. The fraction of sp³-hybridized carbons (Fsp3) is 0.409. The molecule has 27 heavy (non-hydrogen) atoms. The van der Waals surface area contributed by atoms with Crippen molar-refractivity contribution < 1.29 is 9.53 Å². The lowest BCUT2D eigenvalue weighted by Gasteiger charge is -2.30. The maximum Gasteiger partial charge on any atom is 0.226 e. The molecule has 1 heterocycles. The fourth-order valence-corrected chi connectivity index (χ4v) is 3.42. The third kappa shape index (κ3) is 5.01. The van der Waals surface area contributed by atoms with Crippen molar-refractivity contribution in [2.24, 2.45) is 0 Å². The molecule has 2 aromatic rings. The smallest absolute Gasteiger partial charge is 0.226 e. The number of ether oxygens (including phenoxy) is 1. The highest BCUT2D eigenvalue weighted by Crippen LogP contribution is 2.26. The van der Waals surface area contributed by atoms with Gasteiger partial charge in [0.1, 0.15) is 0 Å². The van der Waals surface area contributed by atoms with E-state index in [0.717, 1.165) is 49.7 Å². The van der Waals surface area contributed by atoms with Crippen LogP contribution < -0.4 is 15.5 Å². The number of rotatable bonds is 7. The van der Waals surface area contributed by atoms with Crippen LogP contribution in [0.15, 0.2) is 42.5 Å². The molecule has 0 radical (unpaired) electrons. The maximum absolute atomic E-state index is 12.4. The molecule has 1 fully saturated rings. The van der Waals surface area contributed by atoms with Gasteiger partial charge in [-0.2, -0.15) is 0 Å². The summed E-state index contributed by atoms with van der Waals surface area (Å²) in [6.45, 7) is 8.04. The molecular formula is C22H29N3O2. The Balaban J connectivity index is 1.57. The van der Waals surface area contributed by atoms with Crippen molar-refractivity contribution >= 4 is 23.0 Å². The van der Waals surface area contributed by atoms with Crippen molar-refractivity contribution in [2.45, 2.75) is 26.7 Å². The molecule has 144 valence electrons. The number of hydrogen-bond donors (Lipinski definition) is 2. The van der Waals surface area contributed by atoms with Gasteiger partial charge in [-0.15, -0.1) is 0 Å². The van der Waals surface area contributed by atoms with E-state index in [1.807, 2.05) is 31.2 Å². The molecule has 1 saturated heterocycles. The van der Waals surface area contributed by atoms with Crippen molar-refractivity contribution in [1.82, 2.24) is 0 Å². The highest BCUT2D eigenvalue weighted by atomic mass is 16.5. The van der Waals surface area contributed by atoms with Gasteiger partial charge in [0, 0.05) is 31.7 Å². The monoisotopic (exact) mass is 367 g/mol. The second-order valence-electron chi connectivity index (χ2n) is 6.80. The van der Waals surface area contributed by atoms with Crippen LogP contribution in [0.1, 0.15) is 24.5 Å². The number of benzene rings is 2. The number of para-hydroxylation sites is 3. The quantitative estimate of drug-likeness (QED) is 0.781. The molecule has 5 heteroatoms. The molecule has 2 aromatic carbocycles. The minimum Gasteiger partial charge on any atom is -0.383 e. The zero-order valence-electron chi connectivity index (χ0n) is 16.3. The van der Waals surface area contributed by atoms with Crippen molar-refractivity contribution in [2.75, 3.05) is 48.4 Å². The van der Waals surface area contributed by atoms with Crippen LogP contribution in [0.2, 0.25) is 0 Å². The first-order chi connectivity index (χ1) is 13.2. The van der Waals surface area contributed by atoms with Crippen LogP contribution in [0.25, 0.3) is 0 Å². The summed E-state index contributed by atoms with van der Waals surface area (Å²) in [5.74, 6) is 0.0374. The Kier molecular flexibility index (Phi) is 6.71. The Bertz CT molecular complexity index is 770. The average molecular weight is 367 g/mol. The number of hydrogen-bond acceptors (Lipinski definition) is 4. The zero-order chi connectivity index (χ0) is 19.1. The van der Waals surface area contributed by atoms with Gasteiger partial charge in [-0.05, 0) is 36.6 Å². The van der Waals surface area contributed by atoms with Gasteiger partial charge in [0.25, 0.3) is 0 Å². The fourth-order valence-electron chi connectivity index (χ4n) is 3.42. The number of nitrogens with zero attached hydrogens (tertiary/aromatic N) is 1. The van der Waals surface area contributed by atoms with Crippen LogP contribution in [0, 0.1) is 6.92 Å². The van der Waals surface area contributed by atoms with Gasteiger partial charge in [-0.25, -0.2) is 0 Å². The van der Waals surface area contributed by atoms with Gasteiger partial charge >= 0.3 is 0 Å². The SMILES string of the molecule is CCc1cccc(C)c1NC(=O)CCNc1ccccc1N1CCOCC1. The van der Waals surface area contributed by atoms with Crippen LogP contribution >= 0.6 is 0 Å². The molecule has 1 aliphatic heterocycles. The molecule has 1 amide bonds. The molecule has 0 bridgehead atoms. The summed E-state index contributed by atoms with van der Waals surface area (Å²) in [5.41, 5.74) is 5.48. The highest BCUT2D eigenvalue weighted by Gasteiger charge is 2.14. The van der Waals surface area contributed by atoms with Crippen molar-refractivity contribution in [3.63, 3.8) is 0 Å². The van der Waals surface area contributed by atoms with Gasteiger partial charge in [-0.1, -0.05) is 37.3 Å². The highest BCUT2D eigenvalue weighted by molar-refractivity contribution is 5.92.